The molecule has 0 aromatic heterocycles. The van der Waals surface area contributed by atoms with E-state index in [-0.39, 0.29) is 31.1 Å². The Morgan fingerprint density at radius 1 is 0.273 bits per heavy atom. The fraction of sp³-hybridized carbons (Fsp3) is 0.761. The van der Waals surface area contributed by atoms with E-state index >= 15 is 0 Å². The summed E-state index contributed by atoms with van der Waals surface area (Å²) in [4.78, 5) is 38.0. The van der Waals surface area contributed by atoms with Crippen molar-refractivity contribution in [2.24, 2.45) is 0 Å². The first-order valence-electron chi connectivity index (χ1n) is 33.1. The summed E-state index contributed by atoms with van der Waals surface area (Å²) in [5, 5.41) is 0. The van der Waals surface area contributed by atoms with E-state index in [1.807, 2.05) is 0 Å². The molecule has 0 aromatic rings. The van der Waals surface area contributed by atoms with Crippen LogP contribution >= 0.6 is 0 Å². The third-order valence-electron chi connectivity index (χ3n) is 14.4. The molecule has 77 heavy (non-hydrogen) atoms. The molecule has 0 aromatic carbocycles. The number of carbonyl (C=O) groups is 3. The van der Waals surface area contributed by atoms with Gasteiger partial charge in [0.15, 0.2) is 6.10 Å². The van der Waals surface area contributed by atoms with Crippen LogP contribution in [0.1, 0.15) is 329 Å². The first kappa shape index (κ1) is 73.6. The van der Waals surface area contributed by atoms with Crippen LogP contribution in [-0.4, -0.2) is 37.2 Å². The molecule has 1 atom stereocenters. The van der Waals surface area contributed by atoms with E-state index in [9.17, 15) is 14.4 Å². The molecular weight excluding hydrogens is 949 g/mol. The van der Waals surface area contributed by atoms with Gasteiger partial charge in [-0.15, -0.1) is 0 Å². The molecule has 0 spiro atoms. The number of unbranched alkanes of at least 4 members (excludes halogenated alkanes) is 35. The Labute approximate surface area is 477 Å². The van der Waals surface area contributed by atoms with E-state index in [4.69, 9.17) is 14.2 Å². The first-order valence-corrected chi connectivity index (χ1v) is 33.1. The van der Waals surface area contributed by atoms with Crippen LogP contribution in [0.3, 0.4) is 0 Å². The second-order valence-corrected chi connectivity index (χ2v) is 22.0. The summed E-state index contributed by atoms with van der Waals surface area (Å²) in [7, 11) is 0. The molecule has 444 valence electrons. The highest BCUT2D eigenvalue weighted by Crippen LogP contribution is 2.17. The molecule has 0 fully saturated rings. The highest BCUT2D eigenvalue weighted by atomic mass is 16.6. The summed E-state index contributed by atoms with van der Waals surface area (Å²) in [6.07, 6.45) is 86.4. The van der Waals surface area contributed by atoms with Gasteiger partial charge in [-0.3, -0.25) is 14.4 Å². The minimum atomic E-state index is -0.776. The molecule has 0 saturated heterocycles. The van der Waals surface area contributed by atoms with Gasteiger partial charge < -0.3 is 14.2 Å². The number of hydrogen-bond acceptors (Lipinski definition) is 6. The summed E-state index contributed by atoms with van der Waals surface area (Å²) in [6.45, 7) is 6.40. The van der Waals surface area contributed by atoms with Gasteiger partial charge >= 0.3 is 17.9 Å². The summed E-state index contributed by atoms with van der Waals surface area (Å²) in [6, 6.07) is 0. The predicted octanol–water partition coefficient (Wildman–Crippen LogP) is 22.7. The van der Waals surface area contributed by atoms with Gasteiger partial charge in [-0.25, -0.2) is 0 Å². The maximum absolute atomic E-state index is 12.8. The van der Waals surface area contributed by atoms with E-state index in [1.165, 1.54) is 180 Å². The van der Waals surface area contributed by atoms with Crippen LogP contribution in [0.15, 0.2) is 85.1 Å². The largest absolute Gasteiger partial charge is 0.462 e. The van der Waals surface area contributed by atoms with Gasteiger partial charge in [0, 0.05) is 19.3 Å². The van der Waals surface area contributed by atoms with E-state index in [0.29, 0.717) is 19.3 Å². The van der Waals surface area contributed by atoms with E-state index < -0.39 is 6.10 Å². The lowest BCUT2D eigenvalue weighted by atomic mass is 10.0. The van der Waals surface area contributed by atoms with Gasteiger partial charge in [0.2, 0.25) is 0 Å². The lowest BCUT2D eigenvalue weighted by molar-refractivity contribution is -0.167. The second kappa shape index (κ2) is 65.1. The summed E-state index contributed by atoms with van der Waals surface area (Å²) >= 11 is 0. The van der Waals surface area contributed by atoms with Crippen LogP contribution in [-0.2, 0) is 28.6 Å². The highest BCUT2D eigenvalue weighted by Gasteiger charge is 2.19. The van der Waals surface area contributed by atoms with Gasteiger partial charge in [0.05, 0.1) is 0 Å². The van der Waals surface area contributed by atoms with Crippen molar-refractivity contribution in [3.8, 4) is 0 Å². The van der Waals surface area contributed by atoms with Gasteiger partial charge in [-0.1, -0.05) is 305 Å². The van der Waals surface area contributed by atoms with Crippen molar-refractivity contribution < 1.29 is 28.6 Å². The van der Waals surface area contributed by atoms with Crippen molar-refractivity contribution in [3.05, 3.63) is 85.1 Å². The molecule has 0 heterocycles. The molecule has 0 amide bonds. The van der Waals surface area contributed by atoms with Crippen LogP contribution in [0.25, 0.3) is 0 Å². The summed E-state index contributed by atoms with van der Waals surface area (Å²) in [5.41, 5.74) is 0. The van der Waals surface area contributed by atoms with Gasteiger partial charge in [0.1, 0.15) is 13.2 Å². The molecule has 6 heteroatoms. The Hall–Kier alpha value is -3.41. The standard InChI is InChI=1S/C71H124O6/c1-4-7-10-13-16-18-20-22-24-26-27-28-29-30-31-32-33-34-35-36-37-38-39-40-41-42-43-45-46-48-50-52-55-58-61-64-70(73)76-67-68(66-75-69(72)63-60-57-54-15-12-9-6-3)77-71(74)65-62-59-56-53-51-49-47-44-25-23-21-19-17-14-11-8-5-2/h7-8,10-11,16-19,22-25,27-28,68H,4-6,9,12-15,20-21,26,29-67H2,1-3H3/b10-7-,11-8-,18-16-,19-17-,24-22-,25-23-,28-27-. The fourth-order valence-corrected chi connectivity index (χ4v) is 9.51. The number of esters is 3. The molecule has 0 aliphatic heterocycles. The minimum Gasteiger partial charge on any atom is -0.462 e. The van der Waals surface area contributed by atoms with Crippen molar-refractivity contribution in [3.63, 3.8) is 0 Å². The number of hydrogen-bond donors (Lipinski definition) is 0. The van der Waals surface area contributed by atoms with Crippen LogP contribution in [0.2, 0.25) is 0 Å². The van der Waals surface area contributed by atoms with Crippen molar-refractivity contribution in [1.82, 2.24) is 0 Å². The van der Waals surface area contributed by atoms with Crippen LogP contribution < -0.4 is 0 Å². The molecule has 0 aliphatic carbocycles. The maximum Gasteiger partial charge on any atom is 0.306 e. The zero-order valence-corrected chi connectivity index (χ0v) is 51.0. The Morgan fingerprint density at radius 3 is 0.792 bits per heavy atom. The number of rotatable bonds is 60. The Morgan fingerprint density at radius 2 is 0.506 bits per heavy atom. The molecule has 0 bridgehead atoms. The third kappa shape index (κ3) is 63.3. The maximum atomic E-state index is 12.8. The van der Waals surface area contributed by atoms with Crippen LogP contribution in [0, 0.1) is 0 Å². The van der Waals surface area contributed by atoms with E-state index in [1.54, 1.807) is 0 Å². The summed E-state index contributed by atoms with van der Waals surface area (Å²) in [5.74, 6) is -0.879. The monoisotopic (exact) mass is 1070 g/mol. The Kier molecular flexibility index (Phi) is 62.2. The van der Waals surface area contributed by atoms with Crippen LogP contribution in [0.5, 0.6) is 0 Å². The van der Waals surface area contributed by atoms with Crippen LogP contribution in [0.4, 0.5) is 0 Å². The SMILES string of the molecule is CC/C=C\C/C=C\C/C=C\C/C=C\CCCCCCCCCCCCCCCCCCCCCCCCC(=O)OCC(COC(=O)CCCCCCCCC)OC(=O)CCCCCCCCC/C=C\C/C=C\C/C=C\CC. The second-order valence-electron chi connectivity index (χ2n) is 22.0. The molecule has 0 saturated carbocycles. The zero-order valence-electron chi connectivity index (χ0n) is 51.0. The topological polar surface area (TPSA) is 78.9 Å². The highest BCUT2D eigenvalue weighted by molar-refractivity contribution is 5.71. The van der Waals surface area contributed by atoms with Crippen molar-refractivity contribution >= 4 is 17.9 Å². The average molecular weight is 1070 g/mol. The van der Waals surface area contributed by atoms with Crippen molar-refractivity contribution in [1.29, 1.82) is 0 Å². The van der Waals surface area contributed by atoms with Crippen molar-refractivity contribution in [2.45, 2.75) is 335 Å². The normalized spacial score (nSPS) is 12.6. The van der Waals surface area contributed by atoms with Gasteiger partial charge in [-0.05, 0) is 89.9 Å². The molecule has 0 N–H and O–H groups in total. The smallest absolute Gasteiger partial charge is 0.306 e. The summed E-state index contributed by atoms with van der Waals surface area (Å²) < 4.78 is 16.8. The lowest BCUT2D eigenvalue weighted by Crippen LogP contribution is -2.30. The fourth-order valence-electron chi connectivity index (χ4n) is 9.51. The number of ether oxygens (including phenoxy) is 3. The molecule has 0 rings (SSSR count). The molecular formula is C71H124O6. The van der Waals surface area contributed by atoms with Crippen molar-refractivity contribution in [2.75, 3.05) is 13.2 Å². The Balaban J connectivity index is 3.97. The zero-order chi connectivity index (χ0) is 55.7. The molecule has 1 unspecified atom stereocenters. The molecule has 0 radical (unpaired) electrons. The van der Waals surface area contributed by atoms with E-state index in [2.05, 4.69) is 106 Å². The van der Waals surface area contributed by atoms with Gasteiger partial charge in [-0.2, -0.15) is 0 Å². The number of allylic oxidation sites excluding steroid dienone is 14. The molecule has 0 aliphatic rings. The van der Waals surface area contributed by atoms with Gasteiger partial charge in [0.25, 0.3) is 0 Å². The minimum absolute atomic E-state index is 0.0757. The number of carbonyl (C=O) groups excluding carboxylic acids is 3. The van der Waals surface area contributed by atoms with E-state index in [0.717, 1.165) is 109 Å². The molecule has 6 nitrogen and oxygen atoms in total. The predicted molar refractivity (Wildman–Crippen MR) is 334 cm³/mol. The lowest BCUT2D eigenvalue weighted by Gasteiger charge is -2.18. The third-order valence-corrected chi connectivity index (χ3v) is 14.4. The Bertz CT molecular complexity index is 1470. The quantitative estimate of drug-likeness (QED) is 0.0261. The first-order chi connectivity index (χ1) is 38.0. The average Bonchev–Trinajstić information content (AvgIpc) is 3.43.